The Morgan fingerprint density at radius 1 is 1.47 bits per heavy atom. The molecule has 2 rings (SSSR count). The lowest BCUT2D eigenvalue weighted by molar-refractivity contribution is 0.0523. The molecule has 0 spiro atoms. The zero-order chi connectivity index (χ0) is 14.0. The summed E-state index contributed by atoms with van der Waals surface area (Å²) in [5.41, 5.74) is 1.11. The van der Waals surface area contributed by atoms with Crippen LogP contribution >= 0.6 is 11.3 Å². The number of alkyl carbamates (subject to hydrolysis) is 1. The molecule has 0 saturated heterocycles. The van der Waals surface area contributed by atoms with Gasteiger partial charge in [-0.25, -0.2) is 9.78 Å². The van der Waals surface area contributed by atoms with Gasteiger partial charge in [-0.15, -0.1) is 11.3 Å². The molecule has 2 radical (unpaired) electrons. The molecule has 1 amide bonds. The first kappa shape index (κ1) is 13.9. The van der Waals surface area contributed by atoms with E-state index < -0.39 is 11.7 Å². The van der Waals surface area contributed by atoms with Gasteiger partial charge in [-0.2, -0.15) is 0 Å². The maximum Gasteiger partial charge on any atom is 0.408 e. The van der Waals surface area contributed by atoms with Crippen molar-refractivity contribution >= 4 is 41.0 Å². The topological polar surface area (TPSA) is 51.2 Å². The van der Waals surface area contributed by atoms with E-state index in [4.69, 9.17) is 12.6 Å². The molecule has 19 heavy (non-hydrogen) atoms. The number of hydrogen-bond donors (Lipinski definition) is 1. The molecule has 1 aromatic carbocycles. The number of amides is 1. The summed E-state index contributed by atoms with van der Waals surface area (Å²) >= 11 is 1.51. The van der Waals surface area contributed by atoms with Gasteiger partial charge in [0.15, 0.2) is 0 Å². The van der Waals surface area contributed by atoms with E-state index in [0.717, 1.165) is 15.2 Å². The van der Waals surface area contributed by atoms with Crippen molar-refractivity contribution in [2.75, 3.05) is 0 Å². The molecule has 1 N–H and O–H groups in total. The lowest BCUT2D eigenvalue weighted by atomic mass is 9.97. The van der Waals surface area contributed by atoms with E-state index in [1.165, 1.54) is 11.3 Å². The van der Waals surface area contributed by atoms with Crippen LogP contribution in [0.15, 0.2) is 18.2 Å². The maximum absolute atomic E-state index is 11.5. The Bertz CT molecular complexity index is 604. The van der Waals surface area contributed by atoms with Crippen molar-refractivity contribution in [3.63, 3.8) is 0 Å². The highest BCUT2D eigenvalue weighted by atomic mass is 32.1. The molecule has 98 valence electrons. The summed E-state index contributed by atoms with van der Waals surface area (Å²) in [6, 6.07) is 5.56. The molecule has 0 unspecified atom stereocenters. The van der Waals surface area contributed by atoms with E-state index >= 15 is 0 Å². The third-order valence-corrected chi connectivity index (χ3v) is 3.26. The fraction of sp³-hybridized carbons (Fsp3) is 0.385. The second-order valence-electron chi connectivity index (χ2n) is 5.19. The summed E-state index contributed by atoms with van der Waals surface area (Å²) in [5, 5.41) is 3.51. The number of nitrogens with one attached hydrogen (secondary N) is 1. The summed E-state index contributed by atoms with van der Waals surface area (Å²) in [6.07, 6.45) is -0.439. The lowest BCUT2D eigenvalue weighted by Crippen LogP contribution is -2.32. The molecule has 0 saturated carbocycles. The number of benzene rings is 1. The summed E-state index contributed by atoms with van der Waals surface area (Å²) in [4.78, 5) is 15.9. The van der Waals surface area contributed by atoms with Crippen LogP contribution in [0.3, 0.4) is 0 Å². The Morgan fingerprint density at radius 2 is 2.21 bits per heavy atom. The van der Waals surface area contributed by atoms with Crippen molar-refractivity contribution in [3.8, 4) is 0 Å². The van der Waals surface area contributed by atoms with Crippen molar-refractivity contribution in [2.45, 2.75) is 32.9 Å². The van der Waals surface area contributed by atoms with Crippen molar-refractivity contribution in [1.82, 2.24) is 10.3 Å². The van der Waals surface area contributed by atoms with Gasteiger partial charge < -0.3 is 10.1 Å². The second kappa shape index (κ2) is 5.21. The zero-order valence-corrected chi connectivity index (χ0v) is 12.0. The third-order valence-electron chi connectivity index (χ3n) is 2.24. The van der Waals surface area contributed by atoms with Gasteiger partial charge >= 0.3 is 6.09 Å². The van der Waals surface area contributed by atoms with Gasteiger partial charge in [0.2, 0.25) is 0 Å². The van der Waals surface area contributed by atoms with Crippen molar-refractivity contribution in [1.29, 1.82) is 0 Å². The van der Waals surface area contributed by atoms with Crippen molar-refractivity contribution < 1.29 is 9.53 Å². The number of fused-ring (bicyclic) bond motifs is 1. The first-order valence-corrected chi connectivity index (χ1v) is 6.77. The van der Waals surface area contributed by atoms with Crippen molar-refractivity contribution in [2.24, 2.45) is 0 Å². The van der Waals surface area contributed by atoms with Crippen LogP contribution in [-0.4, -0.2) is 24.5 Å². The molecule has 2 aromatic rings. The summed E-state index contributed by atoms with van der Waals surface area (Å²) < 4.78 is 6.17. The highest BCUT2D eigenvalue weighted by Gasteiger charge is 2.16. The summed E-state index contributed by atoms with van der Waals surface area (Å²) in [7, 11) is 5.71. The Labute approximate surface area is 117 Å². The number of carbonyl (C=O) groups is 1. The van der Waals surface area contributed by atoms with Crippen LogP contribution in [0.2, 0.25) is 0 Å². The molecule has 0 aliphatic carbocycles. The summed E-state index contributed by atoms with van der Waals surface area (Å²) in [5.74, 6) is 0. The minimum atomic E-state index is -0.494. The number of aromatic nitrogens is 1. The summed E-state index contributed by atoms with van der Waals surface area (Å²) in [6.45, 7) is 5.83. The van der Waals surface area contributed by atoms with E-state index in [9.17, 15) is 4.79 Å². The molecule has 1 heterocycles. The second-order valence-corrected chi connectivity index (χ2v) is 6.31. The van der Waals surface area contributed by atoms with Crippen LogP contribution in [0.5, 0.6) is 0 Å². The lowest BCUT2D eigenvalue weighted by Gasteiger charge is -2.19. The number of ether oxygens (including phenoxy) is 1. The molecule has 6 heteroatoms. The van der Waals surface area contributed by atoms with Gasteiger partial charge in [0.1, 0.15) is 18.5 Å². The van der Waals surface area contributed by atoms with E-state index in [-0.39, 0.29) is 0 Å². The van der Waals surface area contributed by atoms with E-state index in [0.29, 0.717) is 12.0 Å². The largest absolute Gasteiger partial charge is 0.444 e. The van der Waals surface area contributed by atoms with Crippen LogP contribution in [0.25, 0.3) is 10.2 Å². The van der Waals surface area contributed by atoms with Gasteiger partial charge in [0, 0.05) is 0 Å². The standard InChI is InChI=1S/C13H15BN2O2S/c1-13(2,3)18-12(17)15-7-11-16-9-5-4-8(14)6-10(9)19-11/h4-6H,7H2,1-3H3,(H,15,17). The Kier molecular flexibility index (Phi) is 3.80. The smallest absolute Gasteiger partial charge is 0.408 e. The molecule has 0 aliphatic rings. The van der Waals surface area contributed by atoms with Crippen LogP contribution in [0.4, 0.5) is 4.79 Å². The Balaban J connectivity index is 2.00. The van der Waals surface area contributed by atoms with E-state index in [2.05, 4.69) is 10.3 Å². The molecular formula is C13H15BN2O2S. The zero-order valence-electron chi connectivity index (χ0n) is 11.2. The number of nitrogens with zero attached hydrogens (tertiary/aromatic N) is 1. The molecule has 1 aromatic heterocycles. The predicted molar refractivity (Wildman–Crippen MR) is 78.1 cm³/mol. The minimum absolute atomic E-state index is 0.355. The molecule has 0 bridgehead atoms. The van der Waals surface area contributed by atoms with Gasteiger partial charge in [-0.3, -0.25) is 0 Å². The normalized spacial score (nSPS) is 11.5. The number of carbonyl (C=O) groups excluding carboxylic acids is 1. The first-order chi connectivity index (χ1) is 8.83. The quantitative estimate of drug-likeness (QED) is 0.853. The third kappa shape index (κ3) is 3.96. The average Bonchev–Trinajstić information content (AvgIpc) is 2.66. The van der Waals surface area contributed by atoms with E-state index in [1.54, 1.807) is 0 Å². The maximum atomic E-state index is 11.5. The van der Waals surface area contributed by atoms with Gasteiger partial charge in [-0.1, -0.05) is 11.5 Å². The van der Waals surface area contributed by atoms with Gasteiger partial charge in [0.25, 0.3) is 0 Å². The van der Waals surface area contributed by atoms with Gasteiger partial charge in [-0.05, 0) is 32.9 Å². The Hall–Kier alpha value is -1.56. The van der Waals surface area contributed by atoms with Crippen LogP contribution in [0.1, 0.15) is 25.8 Å². The molecule has 4 nitrogen and oxygen atoms in total. The number of thiazole rings is 1. The van der Waals surface area contributed by atoms with Crippen LogP contribution < -0.4 is 10.8 Å². The van der Waals surface area contributed by atoms with Crippen LogP contribution in [-0.2, 0) is 11.3 Å². The van der Waals surface area contributed by atoms with Crippen LogP contribution in [0, 0.1) is 0 Å². The SMILES string of the molecule is [B]c1ccc2nc(CNC(=O)OC(C)(C)C)sc2c1. The molecule has 0 atom stereocenters. The first-order valence-electron chi connectivity index (χ1n) is 5.95. The monoisotopic (exact) mass is 274 g/mol. The molecule has 0 aliphatic heterocycles. The highest BCUT2D eigenvalue weighted by molar-refractivity contribution is 7.18. The molecule has 0 fully saturated rings. The van der Waals surface area contributed by atoms with E-state index in [1.807, 2.05) is 39.0 Å². The number of rotatable bonds is 2. The fourth-order valence-corrected chi connectivity index (χ4v) is 2.48. The predicted octanol–water partition coefficient (Wildman–Crippen LogP) is 2.11. The Morgan fingerprint density at radius 3 is 2.89 bits per heavy atom. The number of hydrogen-bond acceptors (Lipinski definition) is 4. The highest BCUT2D eigenvalue weighted by Crippen LogP contribution is 2.20. The van der Waals surface area contributed by atoms with Gasteiger partial charge in [0.05, 0.1) is 16.8 Å². The average molecular weight is 274 g/mol. The minimum Gasteiger partial charge on any atom is -0.444 e. The fourth-order valence-electron chi connectivity index (χ4n) is 1.53. The van der Waals surface area contributed by atoms with Crippen molar-refractivity contribution in [3.05, 3.63) is 23.2 Å². The molecular weight excluding hydrogens is 259 g/mol.